The summed E-state index contributed by atoms with van der Waals surface area (Å²) in [5.41, 5.74) is 2.38. The molecule has 3 heterocycles. The normalized spacial score (nSPS) is 17.0. The van der Waals surface area contributed by atoms with Gasteiger partial charge in [-0.1, -0.05) is 83.8 Å². The first-order chi connectivity index (χ1) is 20.5. The minimum absolute atomic E-state index is 0.0770. The first kappa shape index (κ1) is 28.8. The number of rotatable bonds is 10. The van der Waals surface area contributed by atoms with E-state index in [2.05, 4.69) is 20.5 Å². The lowest BCUT2D eigenvalue weighted by atomic mass is 9.97. The number of ether oxygens (including phenoxy) is 1. The first-order valence-corrected chi connectivity index (χ1v) is 16.7. The molecule has 0 bridgehead atoms. The van der Waals surface area contributed by atoms with Crippen molar-refractivity contribution in [2.75, 3.05) is 11.9 Å². The number of anilines is 1. The third-order valence-corrected chi connectivity index (χ3v) is 10.0. The molecule has 0 spiro atoms. The number of aromatic nitrogens is 3. The Morgan fingerprint density at radius 2 is 1.95 bits per heavy atom. The van der Waals surface area contributed by atoms with Gasteiger partial charge in [0.1, 0.15) is 20.6 Å². The number of fused-ring (bicyclic) bond motifs is 1. The number of thiocarbonyl (C=S) groups is 1. The van der Waals surface area contributed by atoms with Crippen molar-refractivity contribution < 1.29 is 18.7 Å². The van der Waals surface area contributed by atoms with Crippen molar-refractivity contribution in [3.05, 3.63) is 64.0 Å². The van der Waals surface area contributed by atoms with E-state index >= 15 is 0 Å². The topological polar surface area (TPSA) is 110 Å². The summed E-state index contributed by atoms with van der Waals surface area (Å²) in [7, 11) is 0. The summed E-state index contributed by atoms with van der Waals surface area (Å²) < 4.78 is 12.4. The highest BCUT2D eigenvalue weighted by molar-refractivity contribution is 8.26. The standard InChI is InChI=1S/C29H27N5O4S4/c35-24(31-27-33-32-25(42-27)17-40-28-30-20-11-5-7-13-22(20)38-28)14-15-34-26(36)23(41-29(34)39)16-18-8-4-6-12-21(18)37-19-9-2-1-3-10-19/h4-8,11-13,16,19H,1-3,9-10,14-15,17H2,(H,31,33,35)/b23-16-. The molecule has 6 rings (SSSR count). The molecule has 216 valence electrons. The molecule has 4 aromatic rings. The number of hydrogen-bond donors (Lipinski definition) is 1. The number of amides is 2. The van der Waals surface area contributed by atoms with Crippen molar-refractivity contribution in [1.82, 2.24) is 20.1 Å². The van der Waals surface area contributed by atoms with Gasteiger partial charge in [-0.05, 0) is 50.0 Å². The Bertz CT molecular complexity index is 1610. The lowest BCUT2D eigenvalue weighted by Gasteiger charge is -2.23. The molecular formula is C29H27N5O4S4. The van der Waals surface area contributed by atoms with E-state index in [1.54, 1.807) is 0 Å². The van der Waals surface area contributed by atoms with Crippen LogP contribution in [-0.2, 0) is 15.3 Å². The Morgan fingerprint density at radius 1 is 1.14 bits per heavy atom. The molecule has 1 N–H and O–H groups in total. The van der Waals surface area contributed by atoms with E-state index in [9.17, 15) is 9.59 Å². The summed E-state index contributed by atoms with van der Waals surface area (Å²) in [6.45, 7) is 0.174. The molecular weight excluding hydrogens is 611 g/mol. The van der Waals surface area contributed by atoms with E-state index in [-0.39, 0.29) is 30.9 Å². The lowest BCUT2D eigenvalue weighted by molar-refractivity contribution is -0.122. The van der Waals surface area contributed by atoms with E-state index in [1.165, 1.54) is 59.0 Å². The number of para-hydroxylation sites is 3. The van der Waals surface area contributed by atoms with Gasteiger partial charge in [0.2, 0.25) is 11.0 Å². The molecule has 1 aliphatic carbocycles. The number of carbonyl (C=O) groups is 2. The summed E-state index contributed by atoms with van der Waals surface area (Å²) in [6.07, 6.45) is 7.83. The molecule has 9 nitrogen and oxygen atoms in total. The van der Waals surface area contributed by atoms with Crippen LogP contribution in [-0.4, -0.2) is 48.9 Å². The minimum atomic E-state index is -0.270. The number of carbonyl (C=O) groups excluding carboxylic acids is 2. The van der Waals surface area contributed by atoms with Crippen molar-refractivity contribution in [3.8, 4) is 5.75 Å². The van der Waals surface area contributed by atoms with Gasteiger partial charge in [0, 0.05) is 18.5 Å². The van der Waals surface area contributed by atoms with Crippen molar-refractivity contribution in [2.24, 2.45) is 0 Å². The van der Waals surface area contributed by atoms with E-state index in [4.69, 9.17) is 21.4 Å². The molecule has 0 radical (unpaired) electrons. The molecule has 1 saturated heterocycles. The van der Waals surface area contributed by atoms with Crippen LogP contribution in [0.3, 0.4) is 0 Å². The Kier molecular flexibility index (Phi) is 9.18. The van der Waals surface area contributed by atoms with Crippen LogP contribution in [0.4, 0.5) is 5.13 Å². The van der Waals surface area contributed by atoms with E-state index in [1.807, 2.05) is 54.6 Å². The molecule has 42 heavy (non-hydrogen) atoms. The number of oxazole rings is 1. The Morgan fingerprint density at radius 3 is 2.81 bits per heavy atom. The average Bonchev–Trinajstić information content (AvgIpc) is 3.69. The number of thioether (sulfide) groups is 2. The van der Waals surface area contributed by atoms with Crippen molar-refractivity contribution in [3.63, 3.8) is 0 Å². The van der Waals surface area contributed by atoms with Gasteiger partial charge in [0.15, 0.2) is 5.58 Å². The van der Waals surface area contributed by atoms with Crippen LogP contribution in [0.25, 0.3) is 17.2 Å². The third-order valence-electron chi connectivity index (χ3n) is 6.79. The van der Waals surface area contributed by atoms with Gasteiger partial charge in [-0.2, -0.15) is 0 Å². The largest absolute Gasteiger partial charge is 0.490 e. The maximum absolute atomic E-state index is 13.2. The summed E-state index contributed by atoms with van der Waals surface area (Å²) in [4.78, 5) is 32.3. The quantitative estimate of drug-likeness (QED) is 0.112. The van der Waals surface area contributed by atoms with Crippen molar-refractivity contribution in [1.29, 1.82) is 0 Å². The van der Waals surface area contributed by atoms with Gasteiger partial charge in [0.05, 0.1) is 16.8 Å². The Labute approximate surface area is 260 Å². The van der Waals surface area contributed by atoms with Gasteiger partial charge in [0.25, 0.3) is 11.1 Å². The van der Waals surface area contributed by atoms with Crippen LogP contribution in [0.15, 0.2) is 63.1 Å². The molecule has 2 aromatic heterocycles. The molecule has 2 amide bonds. The van der Waals surface area contributed by atoms with Crippen LogP contribution in [0.2, 0.25) is 0 Å². The Balaban J connectivity index is 1.01. The van der Waals surface area contributed by atoms with Gasteiger partial charge < -0.3 is 14.5 Å². The predicted molar refractivity (Wildman–Crippen MR) is 171 cm³/mol. The molecule has 1 aliphatic heterocycles. The van der Waals surface area contributed by atoms with Crippen LogP contribution in [0.1, 0.15) is 49.1 Å². The molecule has 13 heteroatoms. The Hall–Kier alpha value is -3.26. The van der Waals surface area contributed by atoms with E-state index in [0.29, 0.717) is 25.3 Å². The van der Waals surface area contributed by atoms with Crippen molar-refractivity contribution in [2.45, 2.75) is 55.6 Å². The number of hydrogen-bond acceptors (Lipinski definition) is 11. The lowest BCUT2D eigenvalue weighted by Crippen LogP contribution is -2.31. The third kappa shape index (κ3) is 7.02. The van der Waals surface area contributed by atoms with Gasteiger partial charge in [-0.3, -0.25) is 14.5 Å². The zero-order chi connectivity index (χ0) is 28.9. The van der Waals surface area contributed by atoms with Gasteiger partial charge in [-0.25, -0.2) is 4.98 Å². The fraction of sp³-hybridized carbons (Fsp3) is 0.310. The monoisotopic (exact) mass is 637 g/mol. The molecule has 2 aromatic carbocycles. The fourth-order valence-corrected chi connectivity index (χ4v) is 7.58. The first-order valence-electron chi connectivity index (χ1n) is 13.6. The highest BCUT2D eigenvalue weighted by Crippen LogP contribution is 2.35. The summed E-state index contributed by atoms with van der Waals surface area (Å²) >= 11 is 9.42. The smallest absolute Gasteiger partial charge is 0.266 e. The number of nitrogens with one attached hydrogen (secondary N) is 1. The van der Waals surface area contributed by atoms with Gasteiger partial charge >= 0.3 is 0 Å². The van der Waals surface area contributed by atoms with Crippen molar-refractivity contribution >= 4 is 85.5 Å². The second-order valence-corrected chi connectivity index (χ2v) is 13.4. The van der Waals surface area contributed by atoms with Crippen LogP contribution < -0.4 is 10.1 Å². The zero-order valence-electron chi connectivity index (χ0n) is 22.5. The van der Waals surface area contributed by atoms with Crippen LogP contribution in [0, 0.1) is 0 Å². The molecule has 0 atom stereocenters. The zero-order valence-corrected chi connectivity index (χ0v) is 25.8. The predicted octanol–water partition coefficient (Wildman–Crippen LogP) is 6.91. The molecule has 1 saturated carbocycles. The number of nitrogens with zero attached hydrogens (tertiary/aromatic N) is 4. The van der Waals surface area contributed by atoms with E-state index < -0.39 is 0 Å². The van der Waals surface area contributed by atoms with Gasteiger partial charge in [-0.15, -0.1) is 10.2 Å². The second-order valence-electron chi connectivity index (χ2n) is 9.78. The second kappa shape index (κ2) is 13.4. The molecule has 0 unspecified atom stereocenters. The summed E-state index contributed by atoms with van der Waals surface area (Å²) in [6, 6.07) is 15.3. The maximum atomic E-state index is 13.2. The van der Waals surface area contributed by atoms with Crippen LogP contribution >= 0.6 is 47.1 Å². The molecule has 2 fully saturated rings. The van der Waals surface area contributed by atoms with E-state index in [0.717, 1.165) is 40.3 Å². The van der Waals surface area contributed by atoms with Crippen LogP contribution in [0.5, 0.6) is 5.75 Å². The number of benzene rings is 2. The fourth-order valence-electron chi connectivity index (χ4n) is 4.70. The maximum Gasteiger partial charge on any atom is 0.266 e. The SMILES string of the molecule is O=C(CCN1C(=O)/C(=C/c2ccccc2OC2CCCCC2)SC1=S)Nc1nnc(CSc2nc3ccccc3o2)s1. The summed E-state index contributed by atoms with van der Waals surface area (Å²) in [5, 5.41) is 12.7. The minimum Gasteiger partial charge on any atom is -0.490 e. The molecule has 2 aliphatic rings. The highest BCUT2D eigenvalue weighted by Gasteiger charge is 2.32. The highest BCUT2D eigenvalue weighted by atomic mass is 32.2. The summed E-state index contributed by atoms with van der Waals surface area (Å²) in [5.74, 6) is 0.809. The average molecular weight is 638 g/mol.